The van der Waals surface area contributed by atoms with Crippen LogP contribution in [0, 0.1) is 5.41 Å². The summed E-state index contributed by atoms with van der Waals surface area (Å²) in [6.45, 7) is 3.97. The fourth-order valence-corrected chi connectivity index (χ4v) is 2.77. The topological polar surface area (TPSA) is 32.3 Å². The fourth-order valence-electron chi connectivity index (χ4n) is 2.77. The standard InChI is InChI=1S/C10H18N2O/c1-8(13)11-9-3-4-10(9)5-6-12(2)7-10/h9H,3-7H2,1-2H3,(H,11,13). The molecule has 2 rings (SSSR count). The van der Waals surface area contributed by atoms with Crippen molar-refractivity contribution >= 4 is 5.91 Å². The highest BCUT2D eigenvalue weighted by atomic mass is 16.1. The number of likely N-dealkylation sites (tertiary alicyclic amines) is 1. The fraction of sp³-hybridized carbons (Fsp3) is 0.900. The number of amides is 1. The normalized spacial score (nSPS) is 39.1. The first-order valence-corrected chi connectivity index (χ1v) is 5.08. The summed E-state index contributed by atoms with van der Waals surface area (Å²) in [5, 5.41) is 3.07. The Morgan fingerprint density at radius 3 is 2.69 bits per heavy atom. The van der Waals surface area contributed by atoms with Gasteiger partial charge in [-0.05, 0) is 32.9 Å². The molecule has 0 bridgehead atoms. The van der Waals surface area contributed by atoms with Gasteiger partial charge >= 0.3 is 0 Å². The Morgan fingerprint density at radius 1 is 1.54 bits per heavy atom. The molecule has 3 nitrogen and oxygen atoms in total. The molecule has 1 aliphatic heterocycles. The van der Waals surface area contributed by atoms with Crippen molar-refractivity contribution in [3.05, 3.63) is 0 Å². The molecule has 1 amide bonds. The first-order valence-electron chi connectivity index (χ1n) is 5.08. The Balaban J connectivity index is 1.96. The molecule has 1 heterocycles. The molecule has 1 N–H and O–H groups in total. The third kappa shape index (κ3) is 1.46. The van der Waals surface area contributed by atoms with Gasteiger partial charge in [0, 0.05) is 24.9 Å². The molecule has 13 heavy (non-hydrogen) atoms. The average molecular weight is 182 g/mol. The van der Waals surface area contributed by atoms with Crippen molar-refractivity contribution in [3.63, 3.8) is 0 Å². The summed E-state index contributed by atoms with van der Waals surface area (Å²) in [7, 11) is 2.16. The van der Waals surface area contributed by atoms with Gasteiger partial charge < -0.3 is 10.2 Å². The molecule has 2 fully saturated rings. The van der Waals surface area contributed by atoms with E-state index in [2.05, 4.69) is 17.3 Å². The lowest BCUT2D eigenvalue weighted by atomic mass is 9.64. The van der Waals surface area contributed by atoms with E-state index in [0.717, 1.165) is 6.54 Å². The Morgan fingerprint density at radius 2 is 2.31 bits per heavy atom. The number of nitrogens with one attached hydrogen (secondary N) is 1. The molecule has 1 aliphatic carbocycles. The highest BCUT2D eigenvalue weighted by Crippen LogP contribution is 2.47. The molecule has 1 saturated carbocycles. The Hall–Kier alpha value is -0.570. The van der Waals surface area contributed by atoms with Crippen LogP contribution in [0.1, 0.15) is 26.2 Å². The van der Waals surface area contributed by atoms with Crippen LogP contribution in [0.5, 0.6) is 0 Å². The van der Waals surface area contributed by atoms with Crippen LogP contribution >= 0.6 is 0 Å². The smallest absolute Gasteiger partial charge is 0.217 e. The molecular formula is C10H18N2O. The number of nitrogens with zero attached hydrogens (tertiary/aromatic N) is 1. The van der Waals surface area contributed by atoms with E-state index < -0.39 is 0 Å². The van der Waals surface area contributed by atoms with Crippen molar-refractivity contribution in [1.29, 1.82) is 0 Å². The van der Waals surface area contributed by atoms with Crippen molar-refractivity contribution in [1.82, 2.24) is 10.2 Å². The molecule has 0 aromatic heterocycles. The van der Waals surface area contributed by atoms with Crippen LogP contribution in [0.15, 0.2) is 0 Å². The molecule has 3 heteroatoms. The molecule has 0 aromatic carbocycles. The predicted molar refractivity (Wildman–Crippen MR) is 51.4 cm³/mol. The molecule has 2 atom stereocenters. The zero-order valence-electron chi connectivity index (χ0n) is 8.47. The quantitative estimate of drug-likeness (QED) is 0.644. The van der Waals surface area contributed by atoms with Crippen LogP contribution in [0.25, 0.3) is 0 Å². The van der Waals surface area contributed by atoms with Crippen molar-refractivity contribution in [2.75, 3.05) is 20.1 Å². The van der Waals surface area contributed by atoms with E-state index in [9.17, 15) is 4.79 Å². The zero-order valence-corrected chi connectivity index (χ0v) is 8.47. The summed E-state index contributed by atoms with van der Waals surface area (Å²) in [5.74, 6) is 0.124. The summed E-state index contributed by atoms with van der Waals surface area (Å²) in [5.41, 5.74) is 0.431. The summed E-state index contributed by atoms with van der Waals surface area (Å²) >= 11 is 0. The van der Waals surface area contributed by atoms with E-state index in [4.69, 9.17) is 0 Å². The van der Waals surface area contributed by atoms with E-state index in [0.29, 0.717) is 11.5 Å². The van der Waals surface area contributed by atoms with E-state index in [-0.39, 0.29) is 5.91 Å². The maximum Gasteiger partial charge on any atom is 0.217 e. The molecule has 0 radical (unpaired) electrons. The van der Waals surface area contributed by atoms with Gasteiger partial charge in [-0.1, -0.05) is 0 Å². The SMILES string of the molecule is CC(=O)NC1CCC12CCN(C)C2. The first-order chi connectivity index (χ1) is 6.12. The molecule has 1 spiro atoms. The minimum absolute atomic E-state index is 0.124. The van der Waals surface area contributed by atoms with Gasteiger partial charge in [0.15, 0.2) is 0 Å². The van der Waals surface area contributed by atoms with Crippen molar-refractivity contribution in [3.8, 4) is 0 Å². The van der Waals surface area contributed by atoms with Crippen molar-refractivity contribution in [2.24, 2.45) is 5.41 Å². The third-order valence-electron chi connectivity index (χ3n) is 3.62. The van der Waals surface area contributed by atoms with Gasteiger partial charge in [-0.25, -0.2) is 0 Å². The number of hydrogen-bond acceptors (Lipinski definition) is 2. The number of rotatable bonds is 1. The molecule has 2 aliphatic rings. The molecule has 1 saturated heterocycles. The van der Waals surface area contributed by atoms with Gasteiger partial charge in [-0.15, -0.1) is 0 Å². The number of carbonyl (C=O) groups excluding carboxylic acids is 1. The third-order valence-corrected chi connectivity index (χ3v) is 3.62. The minimum atomic E-state index is 0.124. The lowest BCUT2D eigenvalue weighted by Gasteiger charge is -2.47. The molecular weight excluding hydrogens is 164 g/mol. The number of carbonyl (C=O) groups is 1. The number of hydrogen-bond donors (Lipinski definition) is 1. The van der Waals surface area contributed by atoms with Crippen LogP contribution in [0.4, 0.5) is 0 Å². The highest BCUT2D eigenvalue weighted by Gasteiger charge is 2.50. The maximum absolute atomic E-state index is 10.9. The summed E-state index contributed by atoms with van der Waals surface area (Å²) in [6.07, 6.45) is 3.73. The molecule has 0 aromatic rings. The highest BCUT2D eigenvalue weighted by molar-refractivity contribution is 5.73. The Kier molecular flexibility index (Phi) is 2.06. The van der Waals surface area contributed by atoms with Crippen LogP contribution < -0.4 is 5.32 Å². The van der Waals surface area contributed by atoms with Crippen LogP contribution in [0.2, 0.25) is 0 Å². The Bertz CT molecular complexity index is 229. The van der Waals surface area contributed by atoms with Gasteiger partial charge in [0.1, 0.15) is 0 Å². The maximum atomic E-state index is 10.9. The van der Waals surface area contributed by atoms with E-state index in [1.54, 1.807) is 6.92 Å². The Labute approximate surface area is 79.5 Å². The van der Waals surface area contributed by atoms with Crippen LogP contribution in [-0.2, 0) is 4.79 Å². The predicted octanol–water partition coefficient (Wildman–Crippen LogP) is 0.607. The lowest BCUT2D eigenvalue weighted by Crippen LogP contribution is -2.55. The summed E-state index contributed by atoms with van der Waals surface area (Å²) < 4.78 is 0. The monoisotopic (exact) mass is 182 g/mol. The van der Waals surface area contributed by atoms with Gasteiger partial charge in [0.05, 0.1) is 0 Å². The second kappa shape index (κ2) is 2.98. The van der Waals surface area contributed by atoms with Gasteiger partial charge in [-0.3, -0.25) is 4.79 Å². The van der Waals surface area contributed by atoms with Gasteiger partial charge in [0.25, 0.3) is 0 Å². The first kappa shape index (κ1) is 9.00. The molecule has 2 unspecified atom stereocenters. The van der Waals surface area contributed by atoms with Gasteiger partial charge in [0.2, 0.25) is 5.91 Å². The van der Waals surface area contributed by atoms with Crippen LogP contribution in [-0.4, -0.2) is 37.0 Å². The van der Waals surface area contributed by atoms with Gasteiger partial charge in [-0.2, -0.15) is 0 Å². The summed E-state index contributed by atoms with van der Waals surface area (Å²) in [6, 6.07) is 0.454. The molecule has 74 valence electrons. The zero-order chi connectivity index (χ0) is 9.47. The van der Waals surface area contributed by atoms with Crippen molar-refractivity contribution < 1.29 is 4.79 Å². The lowest BCUT2D eigenvalue weighted by molar-refractivity contribution is -0.122. The largest absolute Gasteiger partial charge is 0.353 e. The van der Waals surface area contributed by atoms with E-state index in [1.807, 2.05) is 0 Å². The van der Waals surface area contributed by atoms with Crippen LogP contribution in [0.3, 0.4) is 0 Å². The minimum Gasteiger partial charge on any atom is -0.353 e. The van der Waals surface area contributed by atoms with E-state index >= 15 is 0 Å². The van der Waals surface area contributed by atoms with E-state index in [1.165, 1.54) is 25.8 Å². The average Bonchev–Trinajstić information content (AvgIpc) is 2.44. The van der Waals surface area contributed by atoms with Crippen molar-refractivity contribution in [2.45, 2.75) is 32.2 Å². The second-order valence-corrected chi connectivity index (χ2v) is 4.64. The second-order valence-electron chi connectivity index (χ2n) is 4.64. The summed E-state index contributed by atoms with van der Waals surface area (Å²) in [4.78, 5) is 13.3.